The molecule has 3 unspecified atom stereocenters. The van der Waals surface area contributed by atoms with E-state index >= 15 is 0 Å². The zero-order chi connectivity index (χ0) is 16.4. The van der Waals surface area contributed by atoms with Crippen LogP contribution < -0.4 is 5.32 Å². The van der Waals surface area contributed by atoms with Crippen LogP contribution in [0.15, 0.2) is 28.7 Å². The molecule has 23 heavy (non-hydrogen) atoms. The predicted molar refractivity (Wildman–Crippen MR) is 87.3 cm³/mol. The highest BCUT2D eigenvalue weighted by atomic mass is 16.6. The van der Waals surface area contributed by atoms with Gasteiger partial charge in [-0.05, 0) is 25.7 Å². The Morgan fingerprint density at radius 2 is 2.13 bits per heavy atom. The van der Waals surface area contributed by atoms with Gasteiger partial charge in [0, 0.05) is 23.4 Å². The first-order valence-electron chi connectivity index (χ1n) is 8.06. The summed E-state index contributed by atoms with van der Waals surface area (Å²) in [5.41, 5.74) is 0.467. The highest BCUT2D eigenvalue weighted by molar-refractivity contribution is 6.10. The number of hydrogen-bond acceptors (Lipinski definition) is 6. The minimum atomic E-state index is -1.02. The van der Waals surface area contributed by atoms with Crippen LogP contribution in [-0.2, 0) is 0 Å². The molecule has 124 valence electrons. The van der Waals surface area contributed by atoms with Crippen molar-refractivity contribution in [2.24, 2.45) is 15.9 Å². The Morgan fingerprint density at radius 3 is 2.78 bits per heavy atom. The molecule has 2 heterocycles. The third kappa shape index (κ3) is 3.31. The number of nitro groups is 1. The van der Waals surface area contributed by atoms with Crippen LogP contribution >= 0.6 is 0 Å². The molecule has 0 aromatic carbocycles. The molecule has 0 bridgehead atoms. The van der Waals surface area contributed by atoms with Crippen molar-refractivity contribution < 1.29 is 4.92 Å². The second kappa shape index (κ2) is 6.57. The van der Waals surface area contributed by atoms with Crippen LogP contribution in [0.2, 0.25) is 0 Å². The van der Waals surface area contributed by atoms with Crippen molar-refractivity contribution in [3.05, 3.63) is 28.8 Å². The largest absolute Gasteiger partial charge is 0.307 e. The van der Waals surface area contributed by atoms with E-state index < -0.39 is 12.3 Å². The number of rotatable bonds is 3. The molecule has 1 N–H and O–H groups in total. The molecule has 1 aromatic rings. The van der Waals surface area contributed by atoms with E-state index in [2.05, 4.69) is 27.2 Å². The van der Waals surface area contributed by atoms with Gasteiger partial charge < -0.3 is 0 Å². The van der Waals surface area contributed by atoms with Crippen molar-refractivity contribution in [2.45, 2.75) is 57.9 Å². The van der Waals surface area contributed by atoms with Crippen LogP contribution in [-0.4, -0.2) is 44.4 Å². The van der Waals surface area contributed by atoms with Crippen LogP contribution in [0, 0.1) is 16.0 Å². The van der Waals surface area contributed by atoms with Crippen molar-refractivity contribution in [1.82, 2.24) is 14.9 Å². The minimum Gasteiger partial charge on any atom is -0.288 e. The first-order valence-corrected chi connectivity index (χ1v) is 8.06. The molecule has 1 aliphatic heterocycles. The fraction of sp³-hybridized carbons (Fsp3) is 0.667. The van der Waals surface area contributed by atoms with Crippen molar-refractivity contribution >= 4 is 11.5 Å². The summed E-state index contributed by atoms with van der Waals surface area (Å²) in [4.78, 5) is 23.9. The van der Waals surface area contributed by atoms with Crippen molar-refractivity contribution in [1.29, 1.82) is 0 Å². The minimum absolute atomic E-state index is 0.350. The Balaban J connectivity index is 1.85. The highest BCUT2D eigenvalue weighted by Crippen LogP contribution is 2.25. The van der Waals surface area contributed by atoms with E-state index in [0.717, 1.165) is 6.42 Å². The van der Waals surface area contributed by atoms with E-state index in [1.54, 1.807) is 23.9 Å². The van der Waals surface area contributed by atoms with Gasteiger partial charge in [0.1, 0.15) is 6.33 Å². The Kier molecular flexibility index (Phi) is 4.51. The number of nitrogens with one attached hydrogen (secondary N) is 1. The molecule has 1 saturated carbocycles. The van der Waals surface area contributed by atoms with Gasteiger partial charge in [-0.3, -0.25) is 20.0 Å². The topological polar surface area (TPSA) is 97.7 Å². The third-order valence-corrected chi connectivity index (χ3v) is 4.68. The molecule has 8 heteroatoms. The lowest BCUT2D eigenvalue weighted by Crippen LogP contribution is -2.49. The van der Waals surface area contributed by atoms with Crippen LogP contribution in [0.1, 0.15) is 39.5 Å². The average Bonchev–Trinajstić information content (AvgIpc) is 3.03. The Morgan fingerprint density at radius 1 is 1.35 bits per heavy atom. The number of hydrogen-bond donors (Lipinski definition) is 1. The maximum absolute atomic E-state index is 11.4. The molecular formula is C15H22N6O2. The van der Waals surface area contributed by atoms with E-state index in [9.17, 15) is 10.1 Å². The van der Waals surface area contributed by atoms with Gasteiger partial charge in [0.2, 0.25) is 0 Å². The summed E-state index contributed by atoms with van der Waals surface area (Å²) in [6, 6.07) is -0.670. The van der Waals surface area contributed by atoms with E-state index in [0.29, 0.717) is 23.5 Å². The Bertz CT molecular complexity index is 624. The quantitative estimate of drug-likeness (QED) is 0.677. The summed E-state index contributed by atoms with van der Waals surface area (Å²) >= 11 is 0. The average molecular weight is 318 g/mol. The van der Waals surface area contributed by atoms with E-state index in [1.807, 2.05) is 0 Å². The number of aromatic nitrogens is 2. The summed E-state index contributed by atoms with van der Waals surface area (Å²) < 4.78 is 1.60. The lowest BCUT2D eigenvalue weighted by molar-refractivity contribution is -0.485. The SMILES string of the molecule is CC1=NC(NC2CCCC[C@@H]2C)N=C(n2ccnc2)C1[N+](=O)[O-]. The molecule has 1 fully saturated rings. The summed E-state index contributed by atoms with van der Waals surface area (Å²) in [6.45, 7) is 3.93. The van der Waals surface area contributed by atoms with Crippen molar-refractivity contribution in [3.8, 4) is 0 Å². The molecular weight excluding hydrogens is 296 g/mol. The fourth-order valence-corrected chi connectivity index (χ4v) is 3.35. The van der Waals surface area contributed by atoms with E-state index in [1.165, 1.54) is 25.6 Å². The van der Waals surface area contributed by atoms with Gasteiger partial charge in [-0.1, -0.05) is 19.8 Å². The Labute approximate surface area is 134 Å². The molecule has 3 rings (SSSR count). The monoisotopic (exact) mass is 318 g/mol. The van der Waals surface area contributed by atoms with E-state index in [4.69, 9.17) is 0 Å². The third-order valence-electron chi connectivity index (χ3n) is 4.68. The lowest BCUT2D eigenvalue weighted by Gasteiger charge is -2.32. The molecule has 1 aromatic heterocycles. The molecule has 4 atom stereocenters. The zero-order valence-electron chi connectivity index (χ0n) is 13.4. The van der Waals surface area contributed by atoms with Crippen LogP contribution in [0.3, 0.4) is 0 Å². The standard InChI is InChI=1S/C15H22N6O2/c1-10-5-3-4-6-12(10)18-15-17-11(2)13(21(22)23)14(19-15)20-8-7-16-9-20/h7-10,12-13,15,18H,3-6H2,1-2H3/t10-,12?,13?,15?/m0/s1. The lowest BCUT2D eigenvalue weighted by atomic mass is 9.86. The second-order valence-corrected chi connectivity index (χ2v) is 6.32. The van der Waals surface area contributed by atoms with Gasteiger partial charge in [0.15, 0.2) is 12.1 Å². The first-order chi connectivity index (χ1) is 11.1. The van der Waals surface area contributed by atoms with Gasteiger partial charge in [0.05, 0.1) is 5.71 Å². The smallest absolute Gasteiger partial charge is 0.288 e. The maximum atomic E-state index is 11.4. The van der Waals surface area contributed by atoms with E-state index in [-0.39, 0.29) is 4.92 Å². The number of imidazole rings is 1. The normalized spacial score (nSPS) is 31.4. The van der Waals surface area contributed by atoms with Gasteiger partial charge in [-0.2, -0.15) is 0 Å². The predicted octanol–water partition coefficient (Wildman–Crippen LogP) is 1.70. The second-order valence-electron chi connectivity index (χ2n) is 6.32. The van der Waals surface area contributed by atoms with Crippen LogP contribution in [0.4, 0.5) is 0 Å². The summed E-state index contributed by atoms with van der Waals surface area (Å²) in [7, 11) is 0. The molecule has 1 aliphatic carbocycles. The molecule has 2 aliphatic rings. The molecule has 0 amide bonds. The van der Waals surface area contributed by atoms with Crippen LogP contribution in [0.25, 0.3) is 0 Å². The molecule has 8 nitrogen and oxygen atoms in total. The fourth-order valence-electron chi connectivity index (χ4n) is 3.35. The van der Waals surface area contributed by atoms with Crippen molar-refractivity contribution in [3.63, 3.8) is 0 Å². The summed E-state index contributed by atoms with van der Waals surface area (Å²) in [6.07, 6.45) is 9.10. The summed E-state index contributed by atoms with van der Waals surface area (Å²) in [5, 5.41) is 14.9. The molecule has 0 spiro atoms. The van der Waals surface area contributed by atoms with Crippen molar-refractivity contribution in [2.75, 3.05) is 0 Å². The van der Waals surface area contributed by atoms with Gasteiger partial charge in [0.25, 0.3) is 0 Å². The van der Waals surface area contributed by atoms with Gasteiger partial charge in [-0.25, -0.2) is 15.0 Å². The van der Waals surface area contributed by atoms with Gasteiger partial charge >= 0.3 is 6.04 Å². The Hall–Kier alpha value is -2.09. The summed E-state index contributed by atoms with van der Waals surface area (Å²) in [5.74, 6) is 0.931. The zero-order valence-corrected chi connectivity index (χ0v) is 13.4. The number of aliphatic imine (C=N–C) groups is 2. The maximum Gasteiger partial charge on any atom is 0.307 e. The van der Waals surface area contributed by atoms with Gasteiger partial charge in [-0.15, -0.1) is 0 Å². The van der Waals surface area contributed by atoms with Crippen LogP contribution in [0.5, 0.6) is 0 Å². The number of nitrogens with zero attached hydrogens (tertiary/aromatic N) is 5. The molecule has 0 radical (unpaired) electrons. The highest BCUT2D eigenvalue weighted by Gasteiger charge is 2.37. The first kappa shape index (κ1) is 15.8. The molecule has 0 saturated heterocycles.